The Bertz CT molecular complexity index is 1390. The molecule has 168 valence electrons. The van der Waals surface area contributed by atoms with Gasteiger partial charge in [0.05, 0.1) is 27.2 Å². The zero-order valence-electron chi connectivity index (χ0n) is 17.4. The molecule has 6 nitrogen and oxygen atoms in total. The first-order valence-electron chi connectivity index (χ1n) is 10.5. The van der Waals surface area contributed by atoms with Crippen molar-refractivity contribution in [3.63, 3.8) is 0 Å². The predicted molar refractivity (Wildman–Crippen MR) is 128 cm³/mol. The number of halogens is 1. The van der Waals surface area contributed by atoms with Crippen LogP contribution in [0.4, 0.5) is 11.4 Å². The van der Waals surface area contributed by atoms with Gasteiger partial charge in [0.2, 0.25) is 0 Å². The highest BCUT2D eigenvalue weighted by Crippen LogP contribution is 2.50. The minimum Gasteiger partial charge on any atom is -0.478 e. The van der Waals surface area contributed by atoms with Crippen LogP contribution in [0.2, 0.25) is 5.02 Å². The van der Waals surface area contributed by atoms with Gasteiger partial charge in [-0.15, -0.1) is 0 Å². The van der Waals surface area contributed by atoms with Crippen molar-refractivity contribution in [2.45, 2.75) is 23.3 Å². The number of hydrogen-bond donors (Lipinski definition) is 3. The second-order valence-electron chi connectivity index (χ2n) is 8.20. The van der Waals surface area contributed by atoms with E-state index in [-0.39, 0.29) is 28.3 Å². The number of allylic oxidation sites excluding steroid dienone is 2. The van der Waals surface area contributed by atoms with Gasteiger partial charge in [0.25, 0.3) is 10.0 Å². The summed E-state index contributed by atoms with van der Waals surface area (Å²) in [6.45, 7) is 0. The van der Waals surface area contributed by atoms with E-state index >= 15 is 0 Å². The molecule has 3 aromatic rings. The Morgan fingerprint density at radius 2 is 1.79 bits per heavy atom. The first-order valence-corrected chi connectivity index (χ1v) is 12.4. The molecule has 0 saturated heterocycles. The summed E-state index contributed by atoms with van der Waals surface area (Å²) in [6.07, 6.45) is 4.93. The minimum atomic E-state index is -3.85. The number of benzene rings is 3. The van der Waals surface area contributed by atoms with Crippen LogP contribution < -0.4 is 10.0 Å². The highest BCUT2D eigenvalue weighted by atomic mass is 35.5. The number of fused-ring (bicyclic) bond motifs is 3. The normalized spacial score (nSPS) is 21.1. The summed E-state index contributed by atoms with van der Waals surface area (Å²) in [6, 6.07) is 18.5. The summed E-state index contributed by atoms with van der Waals surface area (Å²) >= 11 is 6.13. The molecule has 2 aliphatic rings. The van der Waals surface area contributed by atoms with Crippen molar-refractivity contribution < 1.29 is 18.3 Å². The number of sulfonamides is 1. The molecule has 0 aromatic heterocycles. The number of nitrogens with one attached hydrogen (secondary N) is 2. The first-order chi connectivity index (χ1) is 15.8. The molecule has 1 heterocycles. The van der Waals surface area contributed by atoms with E-state index in [2.05, 4.69) is 22.2 Å². The van der Waals surface area contributed by atoms with Crippen LogP contribution in [0.1, 0.15) is 39.9 Å². The third-order valence-electron chi connectivity index (χ3n) is 6.29. The molecule has 1 aliphatic carbocycles. The number of carboxylic acid groups (broad SMARTS) is 1. The highest BCUT2D eigenvalue weighted by Gasteiger charge is 2.39. The van der Waals surface area contributed by atoms with Crippen molar-refractivity contribution in [2.75, 3.05) is 10.0 Å². The van der Waals surface area contributed by atoms with Gasteiger partial charge in [0.15, 0.2) is 0 Å². The number of anilines is 2. The number of carbonyl (C=O) groups is 1. The number of aromatic carboxylic acids is 1. The van der Waals surface area contributed by atoms with Crippen molar-refractivity contribution in [1.29, 1.82) is 0 Å². The van der Waals surface area contributed by atoms with E-state index in [1.807, 2.05) is 12.1 Å². The quantitative estimate of drug-likeness (QED) is 0.409. The van der Waals surface area contributed by atoms with Crippen LogP contribution >= 0.6 is 11.6 Å². The Morgan fingerprint density at radius 3 is 2.58 bits per heavy atom. The molecule has 3 N–H and O–H groups in total. The summed E-state index contributed by atoms with van der Waals surface area (Å²) in [4.78, 5) is 11.9. The molecule has 3 aromatic carbocycles. The van der Waals surface area contributed by atoms with Crippen LogP contribution in [0.15, 0.2) is 83.8 Å². The molecule has 0 saturated carbocycles. The lowest BCUT2D eigenvalue weighted by Crippen LogP contribution is -2.30. The Hall–Kier alpha value is -3.29. The fourth-order valence-corrected chi connectivity index (χ4v) is 6.11. The first kappa shape index (κ1) is 21.6. The molecule has 8 heteroatoms. The van der Waals surface area contributed by atoms with Gasteiger partial charge in [0.1, 0.15) is 0 Å². The van der Waals surface area contributed by atoms with E-state index in [9.17, 15) is 18.3 Å². The second kappa shape index (κ2) is 8.24. The lowest BCUT2D eigenvalue weighted by atomic mass is 9.76. The number of carboxylic acids is 1. The fraction of sp³-hybridized carbons (Fsp3) is 0.160. The van der Waals surface area contributed by atoms with Crippen LogP contribution in [-0.4, -0.2) is 19.5 Å². The lowest BCUT2D eigenvalue weighted by Gasteiger charge is -2.38. The van der Waals surface area contributed by atoms with Crippen molar-refractivity contribution in [3.05, 3.63) is 101 Å². The van der Waals surface area contributed by atoms with Crippen LogP contribution in [-0.2, 0) is 10.0 Å². The Kier molecular flexibility index (Phi) is 5.38. The summed E-state index contributed by atoms with van der Waals surface area (Å²) in [7, 11) is -3.85. The van der Waals surface area contributed by atoms with Gasteiger partial charge < -0.3 is 10.4 Å². The standard InChI is InChI=1S/C25H21ClN2O4S/c26-21-10-3-4-11-23(21)28-33(31,32)15-12-13-22-20(14-15)16-8-5-9-17(16)24(27-22)18-6-1-2-7-19(18)25(29)30/h1-8,10-14,16-17,24,27-28H,9H2,(H,29,30)/t16-,17+,24-/m0/s1. The number of rotatable bonds is 5. The molecule has 0 amide bonds. The van der Waals surface area contributed by atoms with Gasteiger partial charge in [-0.3, -0.25) is 4.72 Å². The summed E-state index contributed by atoms with van der Waals surface area (Å²) in [5, 5.41) is 13.5. The van der Waals surface area contributed by atoms with E-state index < -0.39 is 16.0 Å². The molecule has 33 heavy (non-hydrogen) atoms. The minimum absolute atomic E-state index is 0.0245. The van der Waals surface area contributed by atoms with Crippen LogP contribution in [0.3, 0.4) is 0 Å². The zero-order chi connectivity index (χ0) is 23.2. The smallest absolute Gasteiger partial charge is 0.336 e. The van der Waals surface area contributed by atoms with Crippen molar-refractivity contribution in [2.24, 2.45) is 5.92 Å². The summed E-state index contributed by atoms with van der Waals surface area (Å²) in [5.41, 5.74) is 2.99. The molecule has 1 aliphatic heterocycles. The SMILES string of the molecule is O=C(O)c1ccccc1[C@H]1Nc2ccc(S(=O)(=O)Nc3ccccc3Cl)cc2[C@H]2C=CC[C@H]21. The maximum absolute atomic E-state index is 13.1. The van der Waals surface area contributed by atoms with Gasteiger partial charge in [-0.2, -0.15) is 0 Å². The zero-order valence-corrected chi connectivity index (χ0v) is 19.0. The molecular weight excluding hydrogens is 460 g/mol. The van der Waals surface area contributed by atoms with E-state index in [1.54, 1.807) is 54.6 Å². The molecular formula is C25H21ClN2O4S. The van der Waals surface area contributed by atoms with Crippen LogP contribution in [0, 0.1) is 5.92 Å². The molecule has 0 bridgehead atoms. The van der Waals surface area contributed by atoms with Gasteiger partial charge in [-0.1, -0.05) is 54.1 Å². The molecule has 3 atom stereocenters. The average molecular weight is 481 g/mol. The van der Waals surface area contributed by atoms with E-state index in [0.717, 1.165) is 23.2 Å². The third-order valence-corrected chi connectivity index (χ3v) is 7.98. The van der Waals surface area contributed by atoms with E-state index in [0.29, 0.717) is 10.7 Å². The van der Waals surface area contributed by atoms with Crippen molar-refractivity contribution in [3.8, 4) is 0 Å². The summed E-state index contributed by atoms with van der Waals surface area (Å²) < 4.78 is 28.7. The van der Waals surface area contributed by atoms with E-state index in [1.165, 1.54) is 0 Å². The fourth-order valence-electron chi connectivity index (χ4n) is 4.76. The lowest BCUT2D eigenvalue weighted by molar-refractivity contribution is 0.0694. The molecule has 5 rings (SSSR count). The third kappa shape index (κ3) is 3.87. The maximum atomic E-state index is 13.1. The van der Waals surface area contributed by atoms with E-state index in [4.69, 9.17) is 11.6 Å². The number of para-hydroxylation sites is 1. The van der Waals surface area contributed by atoms with Crippen LogP contribution in [0.5, 0.6) is 0 Å². The maximum Gasteiger partial charge on any atom is 0.336 e. The number of hydrogen-bond acceptors (Lipinski definition) is 4. The van der Waals surface area contributed by atoms with Gasteiger partial charge in [0, 0.05) is 11.6 Å². The van der Waals surface area contributed by atoms with Gasteiger partial charge in [-0.25, -0.2) is 13.2 Å². The van der Waals surface area contributed by atoms with Crippen LogP contribution in [0.25, 0.3) is 0 Å². The molecule has 0 radical (unpaired) electrons. The molecule has 0 spiro atoms. The molecule has 0 fully saturated rings. The highest BCUT2D eigenvalue weighted by molar-refractivity contribution is 7.92. The monoisotopic (exact) mass is 480 g/mol. The van der Waals surface area contributed by atoms with Crippen molar-refractivity contribution in [1.82, 2.24) is 0 Å². The van der Waals surface area contributed by atoms with Gasteiger partial charge in [-0.05, 0) is 59.9 Å². The predicted octanol–water partition coefficient (Wildman–Crippen LogP) is 5.67. The molecule has 0 unspecified atom stereocenters. The largest absolute Gasteiger partial charge is 0.478 e. The Morgan fingerprint density at radius 1 is 1.03 bits per heavy atom. The Labute approximate surface area is 197 Å². The van der Waals surface area contributed by atoms with Crippen molar-refractivity contribution >= 4 is 39.0 Å². The van der Waals surface area contributed by atoms with Gasteiger partial charge >= 0.3 is 5.97 Å². The average Bonchev–Trinajstić information content (AvgIpc) is 3.30. The summed E-state index contributed by atoms with van der Waals surface area (Å²) in [5.74, 6) is -0.913. The topological polar surface area (TPSA) is 95.5 Å². The second-order valence-corrected chi connectivity index (χ2v) is 10.3. The Balaban J connectivity index is 1.52.